The second kappa shape index (κ2) is 4.84. The van der Waals surface area contributed by atoms with Crippen molar-refractivity contribution in [3.05, 3.63) is 42.0 Å². The molecular weight excluding hydrogens is 307 g/mol. The standard InChI is InChI=1S/C17H16F3NO2/c18-17(19,20)11-2-1-3-12(8-11)21-15(22)13-9-4-5-10(7-6-9)14(13)16(21)23/h1-5,8-10,13-15,22H,6-7H2/t9-,10+,13-,14+,15?/m0/s1. The third kappa shape index (κ3) is 2.11. The van der Waals surface area contributed by atoms with Gasteiger partial charge in [-0.1, -0.05) is 18.2 Å². The van der Waals surface area contributed by atoms with Gasteiger partial charge in [0.25, 0.3) is 0 Å². The molecule has 2 fully saturated rings. The van der Waals surface area contributed by atoms with Crippen LogP contribution in [0, 0.1) is 23.7 Å². The van der Waals surface area contributed by atoms with Crippen LogP contribution >= 0.6 is 0 Å². The predicted octanol–water partition coefficient (Wildman–Crippen LogP) is 3.20. The Hall–Kier alpha value is -1.82. The van der Waals surface area contributed by atoms with Crippen LogP contribution in [0.25, 0.3) is 0 Å². The van der Waals surface area contributed by atoms with Crippen LogP contribution in [0.2, 0.25) is 0 Å². The Morgan fingerprint density at radius 2 is 1.83 bits per heavy atom. The van der Waals surface area contributed by atoms with Crippen molar-refractivity contribution < 1.29 is 23.1 Å². The molecule has 4 aliphatic rings. The third-order valence-electron chi connectivity index (χ3n) is 5.39. The maximum Gasteiger partial charge on any atom is 0.416 e. The van der Waals surface area contributed by atoms with Gasteiger partial charge in [-0.3, -0.25) is 9.69 Å². The molecule has 6 heteroatoms. The minimum atomic E-state index is -4.48. The van der Waals surface area contributed by atoms with E-state index in [9.17, 15) is 23.1 Å². The Morgan fingerprint density at radius 1 is 1.13 bits per heavy atom. The van der Waals surface area contributed by atoms with Gasteiger partial charge >= 0.3 is 6.18 Å². The molecule has 1 saturated heterocycles. The molecule has 122 valence electrons. The molecule has 1 aromatic carbocycles. The van der Waals surface area contributed by atoms with Crippen LogP contribution < -0.4 is 4.90 Å². The fourth-order valence-electron chi connectivity index (χ4n) is 4.36. The van der Waals surface area contributed by atoms with E-state index in [0.717, 1.165) is 29.9 Å². The maximum atomic E-state index is 12.9. The topological polar surface area (TPSA) is 40.5 Å². The molecule has 1 unspecified atom stereocenters. The number of amides is 1. The lowest BCUT2D eigenvalue weighted by molar-refractivity contribution is -0.137. The van der Waals surface area contributed by atoms with Crippen molar-refractivity contribution in [2.45, 2.75) is 25.2 Å². The van der Waals surface area contributed by atoms with Gasteiger partial charge in [0, 0.05) is 11.6 Å². The summed E-state index contributed by atoms with van der Waals surface area (Å²) < 4.78 is 38.7. The lowest BCUT2D eigenvalue weighted by Crippen LogP contribution is -2.40. The summed E-state index contributed by atoms with van der Waals surface area (Å²) in [4.78, 5) is 13.9. The van der Waals surface area contributed by atoms with Crippen molar-refractivity contribution in [1.29, 1.82) is 0 Å². The smallest absolute Gasteiger partial charge is 0.373 e. The van der Waals surface area contributed by atoms with Gasteiger partial charge in [-0.25, -0.2) is 0 Å². The Labute approximate surface area is 131 Å². The first kappa shape index (κ1) is 14.8. The SMILES string of the molecule is O=C1[C@H]2[C@@H](C(O)N1c1cccc(C(F)(F)F)c1)[C@H]1C=C[C@@H]2CC1. The maximum absolute atomic E-state index is 12.9. The van der Waals surface area contributed by atoms with Gasteiger partial charge in [-0.15, -0.1) is 0 Å². The number of rotatable bonds is 1. The molecule has 1 saturated carbocycles. The summed E-state index contributed by atoms with van der Waals surface area (Å²) in [5.74, 6) is -0.590. The number of benzene rings is 1. The number of hydrogen-bond donors (Lipinski definition) is 1. The van der Waals surface area contributed by atoms with Gasteiger partial charge < -0.3 is 5.11 Å². The van der Waals surface area contributed by atoms with E-state index in [0.29, 0.717) is 0 Å². The largest absolute Gasteiger partial charge is 0.416 e. The molecule has 1 N–H and O–H groups in total. The number of carbonyl (C=O) groups is 1. The highest BCUT2D eigenvalue weighted by Gasteiger charge is 2.56. The van der Waals surface area contributed by atoms with Crippen LogP contribution in [0.15, 0.2) is 36.4 Å². The molecule has 1 amide bonds. The molecule has 0 aromatic heterocycles. The fourth-order valence-corrected chi connectivity index (χ4v) is 4.36. The van der Waals surface area contributed by atoms with Crippen molar-refractivity contribution in [2.24, 2.45) is 23.7 Å². The lowest BCUT2D eigenvalue weighted by Gasteiger charge is -2.40. The average molecular weight is 323 g/mol. The Kier molecular flexibility index (Phi) is 3.10. The van der Waals surface area contributed by atoms with Crippen molar-refractivity contribution in [2.75, 3.05) is 4.90 Å². The van der Waals surface area contributed by atoms with Crippen LogP contribution in [-0.2, 0) is 11.0 Å². The molecule has 0 spiro atoms. The molecule has 5 atom stereocenters. The highest BCUT2D eigenvalue weighted by molar-refractivity contribution is 5.98. The highest BCUT2D eigenvalue weighted by Crippen LogP contribution is 2.52. The number of fused-ring (bicyclic) bond motifs is 1. The molecule has 2 bridgehead atoms. The van der Waals surface area contributed by atoms with Gasteiger partial charge in [-0.2, -0.15) is 13.2 Å². The normalized spacial score (nSPS) is 35.7. The molecule has 1 aliphatic heterocycles. The first-order chi connectivity index (χ1) is 10.9. The van der Waals surface area contributed by atoms with Crippen LogP contribution in [-0.4, -0.2) is 17.2 Å². The summed E-state index contributed by atoms with van der Waals surface area (Å²) in [5, 5.41) is 10.6. The van der Waals surface area contributed by atoms with E-state index >= 15 is 0 Å². The van der Waals surface area contributed by atoms with E-state index in [1.54, 1.807) is 0 Å². The minimum Gasteiger partial charge on any atom is -0.373 e. The number of allylic oxidation sites excluding steroid dienone is 2. The van der Waals surface area contributed by atoms with Crippen molar-refractivity contribution in [1.82, 2.24) is 0 Å². The third-order valence-corrected chi connectivity index (χ3v) is 5.39. The predicted molar refractivity (Wildman–Crippen MR) is 77.3 cm³/mol. The summed E-state index contributed by atoms with van der Waals surface area (Å²) >= 11 is 0. The fraction of sp³-hybridized carbons (Fsp3) is 0.471. The van der Waals surface area contributed by atoms with Gasteiger partial charge in [0.15, 0.2) is 0 Å². The number of alkyl halides is 3. The molecule has 1 aromatic rings. The number of hydrogen-bond acceptors (Lipinski definition) is 2. The second-order valence-electron chi connectivity index (χ2n) is 6.56. The van der Waals surface area contributed by atoms with E-state index in [1.807, 2.05) is 12.2 Å². The average Bonchev–Trinajstić information content (AvgIpc) is 2.81. The van der Waals surface area contributed by atoms with Gasteiger partial charge in [0.1, 0.15) is 6.23 Å². The van der Waals surface area contributed by atoms with E-state index in [2.05, 4.69) is 0 Å². The molecule has 1 heterocycles. The van der Waals surface area contributed by atoms with Crippen LogP contribution in [0.4, 0.5) is 18.9 Å². The quantitative estimate of drug-likeness (QED) is 0.806. The molecular formula is C17H16F3NO2. The van der Waals surface area contributed by atoms with Crippen molar-refractivity contribution in [3.8, 4) is 0 Å². The zero-order chi connectivity index (χ0) is 16.4. The zero-order valence-electron chi connectivity index (χ0n) is 12.2. The number of aliphatic hydroxyl groups excluding tert-OH is 1. The lowest BCUT2D eigenvalue weighted by atomic mass is 9.63. The molecule has 3 nitrogen and oxygen atoms in total. The summed E-state index contributed by atoms with van der Waals surface area (Å²) in [6.45, 7) is 0. The Bertz CT molecular complexity index is 685. The Morgan fingerprint density at radius 3 is 2.43 bits per heavy atom. The number of halogens is 3. The summed E-state index contributed by atoms with van der Waals surface area (Å²) in [6.07, 6.45) is 0.350. The van der Waals surface area contributed by atoms with Gasteiger partial charge in [0.2, 0.25) is 5.91 Å². The van der Waals surface area contributed by atoms with Crippen LogP contribution in [0.1, 0.15) is 18.4 Å². The van der Waals surface area contributed by atoms with Gasteiger partial charge in [0.05, 0.1) is 11.5 Å². The van der Waals surface area contributed by atoms with Crippen LogP contribution in [0.3, 0.4) is 0 Å². The van der Waals surface area contributed by atoms with Crippen LogP contribution in [0.5, 0.6) is 0 Å². The summed E-state index contributed by atoms with van der Waals surface area (Å²) in [6, 6.07) is 4.62. The second-order valence-corrected chi connectivity index (χ2v) is 6.56. The molecule has 0 radical (unpaired) electrons. The Balaban J connectivity index is 1.72. The number of anilines is 1. The monoisotopic (exact) mass is 323 g/mol. The van der Waals surface area contributed by atoms with Crippen molar-refractivity contribution >= 4 is 11.6 Å². The number of carbonyl (C=O) groups excluding carboxylic acids is 1. The number of nitrogens with zero attached hydrogens (tertiary/aromatic N) is 1. The highest BCUT2D eigenvalue weighted by atomic mass is 19.4. The van der Waals surface area contributed by atoms with E-state index < -0.39 is 18.0 Å². The zero-order valence-corrected chi connectivity index (χ0v) is 12.2. The molecule has 5 rings (SSSR count). The first-order valence-electron chi connectivity index (χ1n) is 7.74. The first-order valence-corrected chi connectivity index (χ1v) is 7.74. The van der Waals surface area contributed by atoms with E-state index in [-0.39, 0.29) is 35.3 Å². The van der Waals surface area contributed by atoms with Gasteiger partial charge in [-0.05, 0) is 42.9 Å². The van der Waals surface area contributed by atoms with Crippen molar-refractivity contribution in [3.63, 3.8) is 0 Å². The number of aliphatic hydroxyl groups is 1. The molecule has 3 aliphatic carbocycles. The summed E-state index contributed by atoms with van der Waals surface area (Å²) in [5.41, 5.74) is -0.697. The van der Waals surface area contributed by atoms with E-state index in [4.69, 9.17) is 0 Å². The molecule has 23 heavy (non-hydrogen) atoms. The minimum absolute atomic E-state index is 0.0861. The summed E-state index contributed by atoms with van der Waals surface area (Å²) in [7, 11) is 0. The van der Waals surface area contributed by atoms with E-state index in [1.165, 1.54) is 12.1 Å².